The number of hydrogen-bond donors (Lipinski definition) is 1. The van der Waals surface area contributed by atoms with E-state index in [2.05, 4.69) is 11.1 Å². The molecule has 0 saturated heterocycles. The van der Waals surface area contributed by atoms with Crippen molar-refractivity contribution < 1.29 is 4.74 Å². The molecule has 1 aliphatic rings. The standard InChI is InChI=1S/C14H22N2O/c1-10(2)17-14-7-12(8-16-9-14)11-3-5-13(15)6-4-11/h7-11,13H,3-6,15H2,1-2H3. The maximum atomic E-state index is 5.93. The zero-order valence-corrected chi connectivity index (χ0v) is 10.7. The minimum atomic E-state index is 0.201. The van der Waals surface area contributed by atoms with Crippen molar-refractivity contribution in [3.05, 3.63) is 24.0 Å². The Morgan fingerprint density at radius 3 is 2.59 bits per heavy atom. The van der Waals surface area contributed by atoms with Crippen molar-refractivity contribution in [1.29, 1.82) is 0 Å². The molecule has 3 heteroatoms. The van der Waals surface area contributed by atoms with E-state index >= 15 is 0 Å². The zero-order valence-electron chi connectivity index (χ0n) is 10.7. The molecule has 94 valence electrons. The normalized spacial score (nSPS) is 24.9. The third-order valence-electron chi connectivity index (χ3n) is 3.35. The van der Waals surface area contributed by atoms with E-state index in [9.17, 15) is 0 Å². The maximum Gasteiger partial charge on any atom is 0.138 e. The summed E-state index contributed by atoms with van der Waals surface area (Å²) in [5.74, 6) is 1.49. The van der Waals surface area contributed by atoms with Gasteiger partial charge in [0.2, 0.25) is 0 Å². The van der Waals surface area contributed by atoms with Crippen LogP contribution in [0.1, 0.15) is 51.0 Å². The fourth-order valence-electron chi connectivity index (χ4n) is 2.45. The average Bonchev–Trinajstić information content (AvgIpc) is 2.29. The molecule has 1 aromatic heterocycles. The van der Waals surface area contributed by atoms with Crippen LogP contribution in [0, 0.1) is 0 Å². The van der Waals surface area contributed by atoms with Crippen molar-refractivity contribution in [3.8, 4) is 5.75 Å². The molecule has 0 aliphatic heterocycles. The highest BCUT2D eigenvalue weighted by atomic mass is 16.5. The summed E-state index contributed by atoms with van der Waals surface area (Å²) in [6, 6.07) is 2.53. The Labute approximate surface area is 103 Å². The first-order valence-corrected chi connectivity index (χ1v) is 6.52. The highest BCUT2D eigenvalue weighted by Crippen LogP contribution is 2.33. The molecule has 1 fully saturated rings. The van der Waals surface area contributed by atoms with Crippen LogP contribution in [0.2, 0.25) is 0 Å². The van der Waals surface area contributed by atoms with E-state index in [1.165, 1.54) is 18.4 Å². The molecule has 0 unspecified atom stereocenters. The van der Waals surface area contributed by atoms with Crippen molar-refractivity contribution >= 4 is 0 Å². The molecule has 2 N–H and O–H groups in total. The number of hydrogen-bond acceptors (Lipinski definition) is 3. The summed E-state index contributed by atoms with van der Waals surface area (Å²) in [6.45, 7) is 4.07. The van der Waals surface area contributed by atoms with Gasteiger partial charge in [0.15, 0.2) is 0 Å². The van der Waals surface area contributed by atoms with E-state index in [0.29, 0.717) is 12.0 Å². The molecule has 0 atom stereocenters. The lowest BCUT2D eigenvalue weighted by atomic mass is 9.82. The van der Waals surface area contributed by atoms with Gasteiger partial charge in [-0.2, -0.15) is 0 Å². The maximum absolute atomic E-state index is 5.93. The second-order valence-corrected chi connectivity index (χ2v) is 5.23. The van der Waals surface area contributed by atoms with Crippen molar-refractivity contribution in [2.45, 2.75) is 57.6 Å². The topological polar surface area (TPSA) is 48.1 Å². The minimum absolute atomic E-state index is 0.201. The molecule has 0 aromatic carbocycles. The summed E-state index contributed by atoms with van der Waals surface area (Å²) < 4.78 is 5.68. The lowest BCUT2D eigenvalue weighted by Gasteiger charge is -2.26. The monoisotopic (exact) mass is 234 g/mol. The minimum Gasteiger partial charge on any atom is -0.489 e. The SMILES string of the molecule is CC(C)Oc1cncc(C2CCC(N)CC2)c1. The van der Waals surface area contributed by atoms with E-state index < -0.39 is 0 Å². The van der Waals surface area contributed by atoms with Gasteiger partial charge in [-0.1, -0.05) is 0 Å². The number of nitrogens with two attached hydrogens (primary N) is 1. The van der Waals surface area contributed by atoms with Crippen LogP contribution in [0.4, 0.5) is 0 Å². The molecule has 2 rings (SSSR count). The van der Waals surface area contributed by atoms with Crippen molar-refractivity contribution in [2.75, 3.05) is 0 Å². The molecule has 0 spiro atoms. The Hall–Kier alpha value is -1.09. The molecule has 3 nitrogen and oxygen atoms in total. The summed E-state index contributed by atoms with van der Waals surface area (Å²) in [4.78, 5) is 4.28. The molecule has 0 radical (unpaired) electrons. The van der Waals surface area contributed by atoms with Crippen LogP contribution < -0.4 is 10.5 Å². The molecular formula is C14H22N2O. The Bertz CT molecular complexity index is 357. The van der Waals surface area contributed by atoms with Gasteiger partial charge in [-0.15, -0.1) is 0 Å². The smallest absolute Gasteiger partial charge is 0.138 e. The summed E-state index contributed by atoms with van der Waals surface area (Å²) in [7, 11) is 0. The van der Waals surface area contributed by atoms with Gasteiger partial charge in [0.25, 0.3) is 0 Å². The molecule has 1 saturated carbocycles. The molecule has 1 aromatic rings. The summed E-state index contributed by atoms with van der Waals surface area (Å²) in [5.41, 5.74) is 7.23. The van der Waals surface area contributed by atoms with E-state index in [4.69, 9.17) is 10.5 Å². The van der Waals surface area contributed by atoms with Gasteiger partial charge in [-0.25, -0.2) is 0 Å². The van der Waals surface area contributed by atoms with Crippen LogP contribution in [0.3, 0.4) is 0 Å². The van der Waals surface area contributed by atoms with Gasteiger partial charge >= 0.3 is 0 Å². The molecule has 0 amide bonds. The Kier molecular flexibility index (Phi) is 4.00. The fourth-order valence-corrected chi connectivity index (χ4v) is 2.45. The highest BCUT2D eigenvalue weighted by Gasteiger charge is 2.20. The zero-order chi connectivity index (χ0) is 12.3. The lowest BCUT2D eigenvalue weighted by Crippen LogP contribution is -2.25. The van der Waals surface area contributed by atoms with Gasteiger partial charge in [0, 0.05) is 12.2 Å². The Balaban J connectivity index is 2.05. The lowest BCUT2D eigenvalue weighted by molar-refractivity contribution is 0.241. The first-order valence-electron chi connectivity index (χ1n) is 6.52. The number of nitrogens with zero attached hydrogens (tertiary/aromatic N) is 1. The molecule has 1 aliphatic carbocycles. The van der Waals surface area contributed by atoms with Crippen LogP contribution >= 0.6 is 0 Å². The quantitative estimate of drug-likeness (QED) is 0.874. The van der Waals surface area contributed by atoms with Crippen molar-refractivity contribution in [2.24, 2.45) is 5.73 Å². The van der Waals surface area contributed by atoms with Crippen LogP contribution in [-0.2, 0) is 0 Å². The third kappa shape index (κ3) is 3.43. The van der Waals surface area contributed by atoms with E-state index in [1.807, 2.05) is 20.0 Å². The van der Waals surface area contributed by atoms with Gasteiger partial charge in [0.1, 0.15) is 5.75 Å². The van der Waals surface area contributed by atoms with Gasteiger partial charge < -0.3 is 10.5 Å². The summed E-state index contributed by atoms with van der Waals surface area (Å²) >= 11 is 0. The molecule has 0 bridgehead atoms. The van der Waals surface area contributed by atoms with E-state index in [0.717, 1.165) is 18.6 Å². The Morgan fingerprint density at radius 1 is 1.24 bits per heavy atom. The molecular weight excluding hydrogens is 212 g/mol. The predicted octanol–water partition coefficient (Wildman–Crippen LogP) is 2.85. The summed E-state index contributed by atoms with van der Waals surface area (Å²) in [5, 5.41) is 0. The van der Waals surface area contributed by atoms with E-state index in [-0.39, 0.29) is 6.10 Å². The van der Waals surface area contributed by atoms with Crippen LogP contribution in [-0.4, -0.2) is 17.1 Å². The largest absolute Gasteiger partial charge is 0.489 e. The first kappa shape index (κ1) is 12.4. The van der Waals surface area contributed by atoms with Crippen molar-refractivity contribution in [1.82, 2.24) is 4.98 Å². The van der Waals surface area contributed by atoms with Crippen LogP contribution in [0.25, 0.3) is 0 Å². The first-order chi connectivity index (χ1) is 8.15. The summed E-state index contributed by atoms with van der Waals surface area (Å²) in [6.07, 6.45) is 8.56. The number of rotatable bonds is 3. The van der Waals surface area contributed by atoms with Gasteiger partial charge in [-0.05, 0) is 57.1 Å². The van der Waals surface area contributed by atoms with Crippen LogP contribution in [0.15, 0.2) is 18.5 Å². The molecule has 17 heavy (non-hydrogen) atoms. The fraction of sp³-hybridized carbons (Fsp3) is 0.643. The van der Waals surface area contributed by atoms with Crippen LogP contribution in [0.5, 0.6) is 5.75 Å². The number of aromatic nitrogens is 1. The highest BCUT2D eigenvalue weighted by molar-refractivity contribution is 5.26. The van der Waals surface area contributed by atoms with Gasteiger partial charge in [-0.3, -0.25) is 4.98 Å². The number of pyridine rings is 1. The third-order valence-corrected chi connectivity index (χ3v) is 3.35. The molecule has 1 heterocycles. The second-order valence-electron chi connectivity index (χ2n) is 5.23. The Morgan fingerprint density at radius 2 is 1.94 bits per heavy atom. The van der Waals surface area contributed by atoms with Gasteiger partial charge in [0.05, 0.1) is 12.3 Å². The van der Waals surface area contributed by atoms with E-state index in [1.54, 1.807) is 6.20 Å². The second kappa shape index (κ2) is 5.50. The predicted molar refractivity (Wildman–Crippen MR) is 69.2 cm³/mol. The van der Waals surface area contributed by atoms with Crippen molar-refractivity contribution in [3.63, 3.8) is 0 Å². The number of ether oxygens (including phenoxy) is 1. The average molecular weight is 234 g/mol.